The van der Waals surface area contributed by atoms with Crippen LogP contribution < -0.4 is 15.8 Å². The molecule has 150 valence electrons. The third-order valence-electron chi connectivity index (χ3n) is 5.21. The SMILES string of the molecule is O=C(Nc1ccccc1N1CCCCCC1)c1ccc(Cn2ccccc2=O)o1. The lowest BCUT2D eigenvalue weighted by atomic mass is 10.2. The number of nitrogens with one attached hydrogen (secondary N) is 1. The summed E-state index contributed by atoms with van der Waals surface area (Å²) in [5.41, 5.74) is 1.73. The largest absolute Gasteiger partial charge is 0.454 e. The Morgan fingerprint density at radius 1 is 0.931 bits per heavy atom. The van der Waals surface area contributed by atoms with E-state index < -0.39 is 0 Å². The molecule has 1 saturated heterocycles. The number of rotatable bonds is 5. The van der Waals surface area contributed by atoms with Gasteiger partial charge in [-0.05, 0) is 43.2 Å². The lowest BCUT2D eigenvalue weighted by Crippen LogP contribution is -2.25. The average Bonchev–Trinajstić information content (AvgIpc) is 3.03. The third-order valence-corrected chi connectivity index (χ3v) is 5.21. The molecule has 0 atom stereocenters. The summed E-state index contributed by atoms with van der Waals surface area (Å²) in [6.07, 6.45) is 6.54. The van der Waals surface area contributed by atoms with Crippen LogP contribution >= 0.6 is 0 Å². The first-order valence-electron chi connectivity index (χ1n) is 10.1. The Morgan fingerprint density at radius 3 is 2.48 bits per heavy atom. The van der Waals surface area contributed by atoms with Crippen molar-refractivity contribution < 1.29 is 9.21 Å². The maximum absolute atomic E-state index is 12.8. The standard InChI is InChI=1S/C23H25N3O3/c27-22-11-5-8-16-26(22)17-18-12-13-21(29-18)23(28)24-19-9-3-4-10-20(19)25-14-6-1-2-7-15-25/h3-5,8-13,16H,1-2,6-7,14-15,17H2,(H,24,28). The Balaban J connectivity index is 1.48. The molecule has 0 unspecified atom stereocenters. The van der Waals surface area contributed by atoms with E-state index in [1.165, 1.54) is 36.3 Å². The summed E-state index contributed by atoms with van der Waals surface area (Å²) in [6.45, 7) is 2.30. The first-order chi connectivity index (χ1) is 14.2. The van der Waals surface area contributed by atoms with E-state index in [4.69, 9.17) is 4.42 Å². The van der Waals surface area contributed by atoms with Gasteiger partial charge in [-0.25, -0.2) is 0 Å². The summed E-state index contributed by atoms with van der Waals surface area (Å²) in [4.78, 5) is 27.0. The number of hydrogen-bond donors (Lipinski definition) is 1. The highest BCUT2D eigenvalue weighted by molar-refractivity contribution is 6.04. The van der Waals surface area contributed by atoms with Gasteiger partial charge in [-0.2, -0.15) is 0 Å². The smallest absolute Gasteiger partial charge is 0.291 e. The van der Waals surface area contributed by atoms with Crippen molar-refractivity contribution in [2.24, 2.45) is 0 Å². The van der Waals surface area contributed by atoms with E-state index in [9.17, 15) is 9.59 Å². The van der Waals surface area contributed by atoms with E-state index in [1.54, 1.807) is 30.5 Å². The lowest BCUT2D eigenvalue weighted by molar-refractivity contribution is 0.0995. The predicted molar refractivity (Wildman–Crippen MR) is 114 cm³/mol. The number of benzene rings is 1. The van der Waals surface area contributed by atoms with Crippen molar-refractivity contribution in [1.29, 1.82) is 0 Å². The molecular weight excluding hydrogens is 366 g/mol. The maximum Gasteiger partial charge on any atom is 0.291 e. The highest BCUT2D eigenvalue weighted by Crippen LogP contribution is 2.28. The van der Waals surface area contributed by atoms with Crippen LogP contribution in [0.3, 0.4) is 0 Å². The normalized spacial score (nSPS) is 14.4. The molecule has 0 bridgehead atoms. The number of nitrogens with zero attached hydrogens (tertiary/aromatic N) is 2. The van der Waals surface area contributed by atoms with Gasteiger partial charge in [0.2, 0.25) is 0 Å². The molecule has 1 aliphatic heterocycles. The summed E-state index contributed by atoms with van der Waals surface area (Å²) in [5, 5.41) is 2.99. The van der Waals surface area contributed by atoms with Crippen LogP contribution in [-0.2, 0) is 6.54 Å². The zero-order valence-electron chi connectivity index (χ0n) is 16.3. The number of amides is 1. The number of anilines is 2. The quantitative estimate of drug-likeness (QED) is 0.710. The third kappa shape index (κ3) is 4.59. The molecule has 1 aromatic carbocycles. The Morgan fingerprint density at radius 2 is 1.69 bits per heavy atom. The fourth-order valence-electron chi connectivity index (χ4n) is 3.69. The van der Waals surface area contributed by atoms with E-state index in [1.807, 2.05) is 18.2 Å². The molecule has 0 aliphatic carbocycles. The number of carbonyl (C=O) groups is 1. The van der Waals surface area contributed by atoms with Crippen molar-refractivity contribution >= 4 is 17.3 Å². The molecule has 3 heterocycles. The van der Waals surface area contributed by atoms with Crippen LogP contribution in [0.1, 0.15) is 42.0 Å². The van der Waals surface area contributed by atoms with E-state index in [0.29, 0.717) is 5.76 Å². The Kier molecular flexibility index (Phi) is 5.79. The second kappa shape index (κ2) is 8.82. The Bertz CT molecular complexity index is 1030. The molecular formula is C23H25N3O3. The Labute approximate surface area is 169 Å². The van der Waals surface area contributed by atoms with Crippen LogP contribution in [0.25, 0.3) is 0 Å². The van der Waals surface area contributed by atoms with Gasteiger partial charge in [0.05, 0.1) is 17.9 Å². The summed E-state index contributed by atoms with van der Waals surface area (Å²) in [7, 11) is 0. The molecule has 1 amide bonds. The molecule has 0 radical (unpaired) electrons. The van der Waals surface area contributed by atoms with Crippen molar-refractivity contribution in [1.82, 2.24) is 4.57 Å². The minimum atomic E-state index is -0.293. The van der Waals surface area contributed by atoms with Crippen LogP contribution in [0.5, 0.6) is 0 Å². The highest BCUT2D eigenvalue weighted by Gasteiger charge is 2.17. The van der Waals surface area contributed by atoms with Crippen molar-refractivity contribution in [3.05, 3.63) is 82.7 Å². The van der Waals surface area contributed by atoms with Gasteiger partial charge >= 0.3 is 0 Å². The minimum absolute atomic E-state index is 0.110. The van der Waals surface area contributed by atoms with Crippen molar-refractivity contribution in [3.63, 3.8) is 0 Å². The van der Waals surface area contributed by atoms with Gasteiger partial charge in [0.25, 0.3) is 11.5 Å². The minimum Gasteiger partial charge on any atom is -0.454 e. The van der Waals surface area contributed by atoms with Crippen molar-refractivity contribution in [2.45, 2.75) is 32.2 Å². The summed E-state index contributed by atoms with van der Waals surface area (Å²) >= 11 is 0. The van der Waals surface area contributed by atoms with Gasteiger partial charge in [0.15, 0.2) is 5.76 Å². The van der Waals surface area contributed by atoms with E-state index in [2.05, 4.69) is 16.3 Å². The second-order valence-electron chi connectivity index (χ2n) is 7.31. The topological polar surface area (TPSA) is 67.5 Å². The summed E-state index contributed by atoms with van der Waals surface area (Å²) in [5.74, 6) is 0.498. The lowest BCUT2D eigenvalue weighted by Gasteiger charge is -2.25. The highest BCUT2D eigenvalue weighted by atomic mass is 16.4. The molecule has 6 heteroatoms. The molecule has 2 aromatic heterocycles. The predicted octanol–water partition coefficient (Wildman–Crippen LogP) is 4.12. The van der Waals surface area contributed by atoms with Crippen molar-refractivity contribution in [2.75, 3.05) is 23.3 Å². The van der Waals surface area contributed by atoms with E-state index in [-0.39, 0.29) is 23.8 Å². The maximum atomic E-state index is 12.8. The number of hydrogen-bond acceptors (Lipinski definition) is 4. The number of para-hydroxylation sites is 2. The molecule has 1 fully saturated rings. The molecule has 1 aliphatic rings. The summed E-state index contributed by atoms with van der Waals surface area (Å²) < 4.78 is 7.23. The zero-order valence-corrected chi connectivity index (χ0v) is 16.3. The van der Waals surface area contributed by atoms with Gasteiger partial charge in [-0.3, -0.25) is 9.59 Å². The fraction of sp³-hybridized carbons (Fsp3) is 0.304. The number of aromatic nitrogens is 1. The van der Waals surface area contributed by atoms with Crippen LogP contribution in [0.2, 0.25) is 0 Å². The van der Waals surface area contributed by atoms with Gasteiger partial charge in [-0.1, -0.05) is 31.0 Å². The van der Waals surface area contributed by atoms with Crippen LogP contribution in [0.4, 0.5) is 11.4 Å². The van der Waals surface area contributed by atoms with Crippen LogP contribution in [-0.4, -0.2) is 23.6 Å². The number of carbonyl (C=O) groups excluding carboxylic acids is 1. The van der Waals surface area contributed by atoms with E-state index >= 15 is 0 Å². The molecule has 3 aromatic rings. The first-order valence-corrected chi connectivity index (χ1v) is 10.1. The molecule has 29 heavy (non-hydrogen) atoms. The molecule has 4 rings (SSSR count). The van der Waals surface area contributed by atoms with Crippen molar-refractivity contribution in [3.8, 4) is 0 Å². The van der Waals surface area contributed by atoms with Gasteiger partial charge in [-0.15, -0.1) is 0 Å². The Hall–Kier alpha value is -3.28. The molecule has 1 N–H and O–H groups in total. The average molecular weight is 391 g/mol. The number of furan rings is 1. The fourth-order valence-corrected chi connectivity index (χ4v) is 3.69. The van der Waals surface area contributed by atoms with Crippen LogP contribution in [0, 0.1) is 0 Å². The van der Waals surface area contributed by atoms with Gasteiger partial charge < -0.3 is 19.2 Å². The zero-order chi connectivity index (χ0) is 20.1. The van der Waals surface area contributed by atoms with Gasteiger partial charge in [0.1, 0.15) is 5.76 Å². The van der Waals surface area contributed by atoms with E-state index in [0.717, 1.165) is 24.5 Å². The summed E-state index contributed by atoms with van der Waals surface area (Å²) in [6, 6.07) is 16.3. The number of pyridine rings is 1. The second-order valence-corrected chi connectivity index (χ2v) is 7.31. The first kappa shape index (κ1) is 19.1. The van der Waals surface area contributed by atoms with Crippen LogP contribution in [0.15, 0.2) is 70.0 Å². The molecule has 0 saturated carbocycles. The molecule has 0 spiro atoms. The molecule has 6 nitrogen and oxygen atoms in total. The monoisotopic (exact) mass is 391 g/mol. The van der Waals surface area contributed by atoms with Gasteiger partial charge in [0, 0.05) is 25.4 Å².